The molecule has 0 radical (unpaired) electrons. The summed E-state index contributed by atoms with van der Waals surface area (Å²) < 4.78 is 347. The third kappa shape index (κ3) is 13.9. The number of aromatic nitrogens is 2. The number of esters is 1. The molecule has 76 heavy (non-hydrogen) atoms. The Morgan fingerprint density at radius 1 is 0.461 bits per heavy atom. The fourth-order valence-corrected chi connectivity index (χ4v) is 7.72. The highest BCUT2D eigenvalue weighted by atomic mass is 19.4. The van der Waals surface area contributed by atoms with E-state index in [0.717, 1.165) is 5.56 Å². The van der Waals surface area contributed by atoms with Crippen molar-refractivity contribution in [3.8, 4) is 6.07 Å². The molecule has 0 aliphatic rings. The molecule has 1 heterocycles. The Bertz CT molecular complexity index is 2670. The summed E-state index contributed by atoms with van der Waals surface area (Å²) in [5.41, 5.74) is -28.8. The summed E-state index contributed by atoms with van der Waals surface area (Å²) in [4.78, 5) is 15.7. The van der Waals surface area contributed by atoms with Gasteiger partial charge in [0, 0.05) is 5.56 Å². The third-order valence-electron chi connectivity index (χ3n) is 11.0. The molecule has 6 aromatic rings. The number of hydrogen-bond donors (Lipinski definition) is 0. The molecule has 406 valence electrons. The van der Waals surface area contributed by atoms with Gasteiger partial charge in [0.15, 0.2) is 19.3 Å². The van der Waals surface area contributed by atoms with Crippen molar-refractivity contribution in [3.05, 3.63) is 177 Å². The van der Waals surface area contributed by atoms with E-state index < -0.39 is 201 Å². The molecule has 0 spiro atoms. The number of halogens is 24. The summed E-state index contributed by atoms with van der Waals surface area (Å²) in [5, 5.41) is 8.42. The quantitative estimate of drug-likeness (QED) is 0.0659. The number of benzene rings is 5. The molecule has 5 aromatic carbocycles. The van der Waals surface area contributed by atoms with Gasteiger partial charge in [0.05, 0.1) is 50.7 Å². The summed E-state index contributed by atoms with van der Waals surface area (Å²) in [6.07, 6.45) is -50.1. The van der Waals surface area contributed by atoms with E-state index in [0.29, 0.717) is 12.2 Å². The van der Waals surface area contributed by atoms with Gasteiger partial charge in [-0.25, -0.2) is 4.79 Å². The monoisotopic (exact) mass is 1120 g/mol. The number of ether oxygens (including phenoxy) is 1. The predicted octanol–water partition coefficient (Wildman–Crippen LogP) is 12.3. The van der Waals surface area contributed by atoms with Crippen LogP contribution in [0.5, 0.6) is 0 Å². The summed E-state index contributed by atoms with van der Waals surface area (Å²) in [6.45, 7) is 0.277. The molecule has 0 aliphatic heterocycles. The van der Waals surface area contributed by atoms with Gasteiger partial charge in [-0.3, -0.25) is 4.98 Å². The smallest absolute Gasteiger partial charge is 0.416 e. The Hall–Kier alpha value is -7.48. The fourth-order valence-electron chi connectivity index (χ4n) is 7.72. The lowest BCUT2D eigenvalue weighted by Crippen LogP contribution is -2.75. The first-order valence-corrected chi connectivity index (χ1v) is 20.3. The van der Waals surface area contributed by atoms with Crippen molar-refractivity contribution in [2.24, 2.45) is 0 Å². The second-order valence-electron chi connectivity index (χ2n) is 16.0. The molecule has 0 unspecified atom stereocenters. The lowest BCUT2D eigenvalue weighted by molar-refractivity contribution is -0.691. The number of alkyl halides is 24. The highest BCUT2D eigenvalue weighted by molar-refractivity contribution is 7.20. The minimum atomic E-state index is -6.13. The number of rotatable bonds is 8. The van der Waals surface area contributed by atoms with Crippen LogP contribution in [0, 0.1) is 11.3 Å². The van der Waals surface area contributed by atoms with Crippen LogP contribution in [0.3, 0.4) is 0 Å². The van der Waals surface area contributed by atoms with Gasteiger partial charge in [-0.05, 0) is 24.3 Å². The van der Waals surface area contributed by atoms with Crippen LogP contribution < -0.4 is 26.4 Å². The van der Waals surface area contributed by atoms with E-state index in [4.69, 9.17) is 10.00 Å². The average molecular weight is 1120 g/mol. The van der Waals surface area contributed by atoms with E-state index in [1.54, 1.807) is 23.0 Å². The topological polar surface area (TPSA) is 66.9 Å². The fraction of sp³-hybridized carbons (Fsp3) is 0.217. The number of carbonyl (C=O) groups excluding carboxylic acids is 1. The van der Waals surface area contributed by atoms with Crippen molar-refractivity contribution in [2.45, 2.75) is 56.0 Å². The van der Waals surface area contributed by atoms with E-state index in [1.165, 1.54) is 6.20 Å². The molecule has 1 aromatic heterocycles. The number of nitrogens with zero attached hydrogens (tertiary/aromatic N) is 3. The highest BCUT2D eigenvalue weighted by Gasteiger charge is 2.47. The lowest BCUT2D eigenvalue weighted by Gasteiger charge is -2.46. The minimum Gasteiger partial charge on any atom is -0.442 e. The molecule has 0 saturated carbocycles. The van der Waals surface area contributed by atoms with E-state index >= 15 is 0 Å². The van der Waals surface area contributed by atoms with Crippen molar-refractivity contribution in [1.29, 1.82) is 5.26 Å². The Morgan fingerprint density at radius 2 is 0.737 bits per heavy atom. The number of carbonyl (C=O) groups is 1. The van der Waals surface area contributed by atoms with Gasteiger partial charge < -0.3 is 4.74 Å². The molecule has 0 fully saturated rings. The van der Waals surface area contributed by atoms with Crippen LogP contribution in [0.25, 0.3) is 0 Å². The SMILES string of the molecule is FC(F)(F)c1cc([B-](c2cc(C(F)(F)F)cc(C(F)(F)F)c2)(c2cc(C(F)(F)F)cc(C(F)(F)F)c2)c2cc(C(F)(F)F)cc(C(F)(F)F)c2)cc(C(F)(F)F)c1.N#CCOC(=O)c1cncc[n+]1Cc1ccccc1. The van der Waals surface area contributed by atoms with Crippen molar-refractivity contribution >= 4 is 34.0 Å². The summed E-state index contributed by atoms with van der Waals surface area (Å²) in [6, 6.07) is 2.70. The Labute approximate surface area is 409 Å². The van der Waals surface area contributed by atoms with Gasteiger partial charge in [0.1, 0.15) is 18.4 Å². The first-order chi connectivity index (χ1) is 34.6. The molecule has 0 amide bonds. The molecule has 0 aliphatic carbocycles. The molecule has 5 nitrogen and oxygen atoms in total. The lowest BCUT2D eigenvalue weighted by atomic mass is 9.12. The molecule has 0 atom stereocenters. The van der Waals surface area contributed by atoms with Gasteiger partial charge >= 0.3 is 61.1 Å². The largest absolute Gasteiger partial charge is 0.442 e. The van der Waals surface area contributed by atoms with Crippen LogP contribution in [0.15, 0.2) is 122 Å². The Balaban J connectivity index is 0.000000468. The van der Waals surface area contributed by atoms with Gasteiger partial charge in [-0.2, -0.15) is 137 Å². The van der Waals surface area contributed by atoms with Gasteiger partial charge in [-0.1, -0.05) is 78.9 Å². The standard InChI is InChI=1S/C32H12BF24.C14H12N3O2/c34-25(35,36)13-1-14(26(37,38)39)6-21(5-13)33(22-7-15(27(40,41)42)2-16(8-22)28(43,44)45,23-9-17(29(46,47)48)3-18(10-23)30(49,50)51)24-11-19(31(52,53)54)4-20(12-24)32(55,56)57;15-6-9-19-14(18)13-10-16-7-8-17(13)11-12-4-2-1-3-5-12/h1-12H;1-5,7-8,10H,9,11H2/q-1;+1. The van der Waals surface area contributed by atoms with Gasteiger partial charge in [0.2, 0.25) is 0 Å². The van der Waals surface area contributed by atoms with Crippen LogP contribution in [-0.4, -0.2) is 23.7 Å². The second-order valence-corrected chi connectivity index (χ2v) is 16.0. The maximum Gasteiger partial charge on any atom is 0.416 e. The molecule has 30 heteroatoms. The molecule has 0 N–H and O–H groups in total. The minimum absolute atomic E-state index is 0.265. The molecular weight excluding hydrogens is 1090 g/mol. The summed E-state index contributed by atoms with van der Waals surface area (Å²) >= 11 is 0. The Kier molecular flexibility index (Phi) is 16.3. The molecule has 6 rings (SSSR count). The maximum absolute atomic E-state index is 14.2. The summed E-state index contributed by atoms with van der Waals surface area (Å²) in [5.74, 6) is -0.550. The van der Waals surface area contributed by atoms with Crippen LogP contribution in [0.4, 0.5) is 105 Å². The molecule has 0 saturated heterocycles. The summed E-state index contributed by atoms with van der Waals surface area (Å²) in [7, 11) is 0. The zero-order valence-electron chi connectivity index (χ0n) is 36.8. The van der Waals surface area contributed by atoms with Crippen LogP contribution in [0.1, 0.15) is 60.6 Å². The van der Waals surface area contributed by atoms with E-state index in [-0.39, 0.29) is 6.61 Å². The first kappa shape index (κ1) is 59.4. The molecular formula is C46H24BF24N3O2. The number of nitriles is 1. The van der Waals surface area contributed by atoms with E-state index in [1.807, 2.05) is 30.3 Å². The first-order valence-electron chi connectivity index (χ1n) is 20.3. The zero-order valence-corrected chi connectivity index (χ0v) is 36.8. The van der Waals surface area contributed by atoms with E-state index in [9.17, 15) is 110 Å². The van der Waals surface area contributed by atoms with Gasteiger partial charge in [0.25, 0.3) is 0 Å². The van der Waals surface area contributed by atoms with Crippen LogP contribution >= 0.6 is 0 Å². The Morgan fingerprint density at radius 3 is 0.987 bits per heavy atom. The maximum atomic E-state index is 14.2. The van der Waals surface area contributed by atoms with Gasteiger partial charge in [-0.15, -0.1) is 0 Å². The van der Waals surface area contributed by atoms with Crippen LogP contribution in [-0.2, 0) is 60.7 Å². The zero-order chi connectivity index (χ0) is 57.4. The van der Waals surface area contributed by atoms with Crippen molar-refractivity contribution in [1.82, 2.24) is 4.98 Å². The van der Waals surface area contributed by atoms with Crippen molar-refractivity contribution in [2.75, 3.05) is 6.61 Å². The third-order valence-corrected chi connectivity index (χ3v) is 11.0. The normalized spacial score (nSPS) is 13.1. The van der Waals surface area contributed by atoms with E-state index in [2.05, 4.69) is 4.98 Å². The van der Waals surface area contributed by atoms with Crippen LogP contribution in [0.2, 0.25) is 0 Å². The highest BCUT2D eigenvalue weighted by Crippen LogP contribution is 2.41. The number of hydrogen-bond acceptors (Lipinski definition) is 4. The van der Waals surface area contributed by atoms with Crippen molar-refractivity contribution < 1.29 is 119 Å². The molecule has 0 bridgehead atoms. The van der Waals surface area contributed by atoms with Crippen molar-refractivity contribution in [3.63, 3.8) is 0 Å². The predicted molar refractivity (Wildman–Crippen MR) is 216 cm³/mol. The second kappa shape index (κ2) is 20.9. The average Bonchev–Trinajstić information content (AvgIpc) is 3.29.